The fourth-order valence-electron chi connectivity index (χ4n) is 3.25. The Labute approximate surface area is 201 Å². The van der Waals surface area contributed by atoms with Gasteiger partial charge in [-0.1, -0.05) is 57.0 Å². The fraction of sp³-hybridized carbons (Fsp3) is 0.280. The van der Waals surface area contributed by atoms with Crippen molar-refractivity contribution in [3.05, 3.63) is 96.6 Å². The van der Waals surface area contributed by atoms with Crippen LogP contribution in [0.25, 0.3) is 0 Å². The summed E-state index contributed by atoms with van der Waals surface area (Å²) in [5, 5.41) is 0. The molecule has 177 valence electrons. The molecule has 0 unspecified atom stereocenters. The van der Waals surface area contributed by atoms with E-state index >= 15 is 0 Å². The van der Waals surface area contributed by atoms with Gasteiger partial charge in [-0.05, 0) is 68.9 Å². The molecule has 3 aromatic carbocycles. The second kappa shape index (κ2) is 11.0. The molecule has 0 fully saturated rings. The second-order valence-electron chi connectivity index (χ2n) is 7.54. The smallest absolute Gasteiger partial charge is 0.190 e. The molecule has 0 spiro atoms. The first kappa shape index (κ1) is 25.7. The van der Waals surface area contributed by atoms with Gasteiger partial charge in [0, 0.05) is 0 Å². The first-order valence-corrected chi connectivity index (χ1v) is 15.1. The van der Waals surface area contributed by atoms with E-state index in [2.05, 4.69) is 13.8 Å². The third-order valence-electron chi connectivity index (χ3n) is 4.90. The third-order valence-corrected chi connectivity index (χ3v) is 12.2. The van der Waals surface area contributed by atoms with Crippen LogP contribution < -0.4 is 20.2 Å². The van der Waals surface area contributed by atoms with Gasteiger partial charge in [-0.3, -0.25) is 0 Å². The number of halogens is 4. The van der Waals surface area contributed by atoms with Gasteiger partial charge < -0.3 is 0 Å². The van der Waals surface area contributed by atoms with Crippen molar-refractivity contribution >= 4 is 10.1 Å². The minimum atomic E-state index is -4.64. The molecule has 33 heavy (non-hydrogen) atoms. The summed E-state index contributed by atoms with van der Waals surface area (Å²) in [5.74, 6) is 0. The van der Waals surface area contributed by atoms with Crippen molar-refractivity contribution in [3.8, 4) is 0 Å². The van der Waals surface area contributed by atoms with Gasteiger partial charge in [0.05, 0.1) is 10.5 Å². The van der Waals surface area contributed by atoms with Crippen LogP contribution in [0.4, 0.5) is 13.2 Å². The van der Waals surface area contributed by atoms with E-state index in [4.69, 9.17) is 2.51 Å². The van der Waals surface area contributed by atoms with Crippen LogP contribution in [0.3, 0.4) is 0 Å². The maximum atomic E-state index is 13.1. The van der Waals surface area contributed by atoms with Crippen molar-refractivity contribution in [2.45, 2.75) is 50.6 Å². The molecule has 1 radical (unpaired) electrons. The van der Waals surface area contributed by atoms with Crippen molar-refractivity contribution in [2.75, 3.05) is 0 Å². The summed E-state index contributed by atoms with van der Waals surface area (Å²) < 4.78 is 72.7. The Morgan fingerprint density at radius 3 is 1.70 bits per heavy atom. The molecule has 0 saturated carbocycles. The van der Waals surface area contributed by atoms with Gasteiger partial charge in [0.2, 0.25) is 0 Å². The zero-order valence-electron chi connectivity index (χ0n) is 18.4. The summed E-state index contributed by atoms with van der Waals surface area (Å²) in [6.45, 7) is 4.16. The van der Waals surface area contributed by atoms with E-state index in [-0.39, 0.29) is 0 Å². The highest BCUT2D eigenvalue weighted by Crippen LogP contribution is 2.30. The van der Waals surface area contributed by atoms with Crippen LogP contribution in [0.15, 0.2) is 77.7 Å². The van der Waals surface area contributed by atoms with Gasteiger partial charge >= 0.3 is 36.5 Å². The predicted octanol–water partition coefficient (Wildman–Crippen LogP) is 3.60. The first-order valence-electron chi connectivity index (χ1n) is 10.6. The van der Waals surface area contributed by atoms with E-state index in [1.165, 1.54) is 0 Å². The SMILES string of the molecule is CCCc1ccc([I+](OS(=O)(=O)c2cccc(C(F)(F)F)c2)c2ccc(CCC)cc2)cc1. The van der Waals surface area contributed by atoms with Crippen LogP contribution in [0.5, 0.6) is 0 Å². The lowest BCUT2D eigenvalue weighted by molar-refractivity contribution is -1.03. The average Bonchev–Trinajstić information content (AvgIpc) is 2.79. The lowest BCUT2D eigenvalue weighted by Crippen LogP contribution is -3.85. The molecule has 0 amide bonds. The average molecular weight is 590 g/mol. The Morgan fingerprint density at radius 2 is 1.27 bits per heavy atom. The fourth-order valence-corrected chi connectivity index (χ4v) is 10.2. The summed E-state index contributed by atoms with van der Waals surface area (Å²) in [7, 11) is -4.41. The molecule has 0 atom stereocenters. The Hall–Kier alpha value is -1.91. The van der Waals surface area contributed by atoms with E-state index in [9.17, 15) is 21.6 Å². The molecule has 8 heteroatoms. The van der Waals surface area contributed by atoms with Crippen molar-refractivity contribution in [2.24, 2.45) is 0 Å². The van der Waals surface area contributed by atoms with Crippen molar-refractivity contribution in [1.82, 2.24) is 0 Å². The molecule has 3 nitrogen and oxygen atoms in total. The standard InChI is InChI=1S/C25H26F3IO3S/c1-3-6-19-10-14-22(15-11-19)29(23-16-12-20(7-4-2)13-17-23)32-33(30,31)24-9-5-8-21(18-24)25(26,27)28/h5,8-18H,3-4,6-7H2,1-2H3/q+1. The zero-order valence-corrected chi connectivity index (χ0v) is 21.4. The number of aryl methyl sites for hydroxylation is 2. The molecule has 0 N–H and O–H groups in total. The minimum absolute atomic E-state index is 0.496. The van der Waals surface area contributed by atoms with Gasteiger partial charge in [-0.15, -0.1) is 0 Å². The van der Waals surface area contributed by atoms with E-state index in [1.54, 1.807) is 0 Å². The lowest BCUT2D eigenvalue weighted by Gasteiger charge is -2.10. The summed E-state index contributed by atoms with van der Waals surface area (Å²) >= 11 is -2.98. The van der Waals surface area contributed by atoms with Crippen molar-refractivity contribution in [3.63, 3.8) is 0 Å². The zero-order chi connectivity index (χ0) is 24.1. The van der Waals surface area contributed by atoms with Gasteiger partial charge in [0.15, 0.2) is 7.14 Å². The Balaban J connectivity index is 2.00. The molecular formula is C25H26F3IO3S+. The number of hydrogen-bond donors (Lipinski definition) is 0. The number of alkyl halides is 3. The van der Waals surface area contributed by atoms with Gasteiger partial charge in [0.1, 0.15) is 0 Å². The van der Waals surface area contributed by atoms with E-state index in [0.29, 0.717) is 6.07 Å². The highest BCUT2D eigenvalue weighted by atomic mass is 127. The summed E-state index contributed by atoms with van der Waals surface area (Å²) in [6, 6.07) is 19.0. The van der Waals surface area contributed by atoms with Crippen molar-refractivity contribution < 1.29 is 44.3 Å². The van der Waals surface area contributed by atoms with Crippen molar-refractivity contribution in [1.29, 1.82) is 0 Å². The molecule has 0 aliphatic rings. The highest BCUT2D eigenvalue weighted by molar-refractivity contribution is 7.86. The van der Waals surface area contributed by atoms with E-state index in [1.807, 2.05) is 48.5 Å². The summed E-state index contributed by atoms with van der Waals surface area (Å²) in [4.78, 5) is -0.496. The molecule has 0 aliphatic carbocycles. The maximum Gasteiger partial charge on any atom is 0.416 e. The normalized spacial score (nSPS) is 12.3. The third kappa shape index (κ3) is 6.80. The highest BCUT2D eigenvalue weighted by Gasteiger charge is 2.39. The topological polar surface area (TPSA) is 43.4 Å². The molecule has 3 aromatic rings. The molecule has 0 bridgehead atoms. The number of rotatable bonds is 9. The van der Waals surface area contributed by atoms with Crippen LogP contribution in [0.2, 0.25) is 0 Å². The minimum Gasteiger partial charge on any atom is -0.190 e. The van der Waals surface area contributed by atoms with Crippen LogP contribution >= 0.6 is 0 Å². The Bertz CT molecular complexity index is 1110. The number of hydrogen-bond acceptors (Lipinski definition) is 3. The predicted molar refractivity (Wildman–Crippen MR) is 118 cm³/mol. The quantitative estimate of drug-likeness (QED) is 0.358. The maximum absolute atomic E-state index is 13.1. The lowest BCUT2D eigenvalue weighted by atomic mass is 10.1. The van der Waals surface area contributed by atoms with Crippen LogP contribution in [0, 0.1) is 7.14 Å². The first-order chi connectivity index (χ1) is 15.6. The number of benzene rings is 3. The van der Waals surface area contributed by atoms with Gasteiger partial charge in [-0.25, -0.2) is 0 Å². The summed E-state index contributed by atoms with van der Waals surface area (Å²) in [5.41, 5.74) is 1.24. The summed E-state index contributed by atoms with van der Waals surface area (Å²) in [6.07, 6.45) is -0.858. The second-order valence-corrected chi connectivity index (χ2v) is 14.0. The molecule has 0 aliphatic heterocycles. The molecule has 0 aromatic heterocycles. The van der Waals surface area contributed by atoms with Crippen LogP contribution in [-0.4, -0.2) is 8.42 Å². The van der Waals surface area contributed by atoms with Crippen LogP contribution in [-0.2, 0) is 31.6 Å². The molecule has 3 rings (SSSR count). The Kier molecular flexibility index (Phi) is 8.58. The van der Waals surface area contributed by atoms with Gasteiger partial charge in [-0.2, -0.15) is 21.6 Å². The van der Waals surface area contributed by atoms with E-state index < -0.39 is 47.0 Å². The van der Waals surface area contributed by atoms with Crippen LogP contribution in [0.1, 0.15) is 43.4 Å². The largest absolute Gasteiger partial charge is 0.416 e. The molecular weight excluding hydrogens is 564 g/mol. The molecule has 0 saturated heterocycles. The molecule has 0 heterocycles. The van der Waals surface area contributed by atoms with E-state index in [0.717, 1.165) is 62.1 Å². The van der Waals surface area contributed by atoms with Gasteiger partial charge in [0.25, 0.3) is 0 Å². The Morgan fingerprint density at radius 1 is 0.788 bits per heavy atom. The monoisotopic (exact) mass is 590 g/mol.